The van der Waals surface area contributed by atoms with Gasteiger partial charge in [0, 0.05) is 30.7 Å². The first-order valence-corrected chi connectivity index (χ1v) is 7.13. The topological polar surface area (TPSA) is 15.3 Å². The molecule has 0 spiro atoms. The van der Waals surface area contributed by atoms with Crippen LogP contribution in [0, 0.1) is 5.92 Å². The molecule has 0 aliphatic carbocycles. The van der Waals surface area contributed by atoms with Gasteiger partial charge in [-0.2, -0.15) is 0 Å². The van der Waals surface area contributed by atoms with Gasteiger partial charge in [0.1, 0.15) is 0 Å². The number of hydrogen-bond donors (Lipinski definition) is 1. The molecule has 2 heteroatoms. The SMILES string of the molecule is CNC(C)CC1CN(CC(C)C)c2ccccc21. The zero-order chi connectivity index (χ0) is 13.1. The van der Waals surface area contributed by atoms with Crippen LogP contribution in [0.1, 0.15) is 38.7 Å². The summed E-state index contributed by atoms with van der Waals surface area (Å²) in [5, 5.41) is 3.36. The Morgan fingerprint density at radius 3 is 2.67 bits per heavy atom. The molecular formula is C16H26N2. The molecular weight excluding hydrogens is 220 g/mol. The molecule has 1 aromatic carbocycles. The first kappa shape index (κ1) is 13.4. The highest BCUT2D eigenvalue weighted by atomic mass is 15.2. The van der Waals surface area contributed by atoms with Gasteiger partial charge in [-0.1, -0.05) is 32.0 Å². The van der Waals surface area contributed by atoms with Crippen LogP contribution >= 0.6 is 0 Å². The van der Waals surface area contributed by atoms with Crippen molar-refractivity contribution >= 4 is 5.69 Å². The molecule has 0 bridgehead atoms. The molecule has 2 nitrogen and oxygen atoms in total. The van der Waals surface area contributed by atoms with E-state index in [0.717, 1.165) is 5.92 Å². The Hall–Kier alpha value is -1.02. The van der Waals surface area contributed by atoms with Gasteiger partial charge < -0.3 is 10.2 Å². The van der Waals surface area contributed by atoms with E-state index in [0.29, 0.717) is 12.0 Å². The molecule has 0 saturated heterocycles. The number of anilines is 1. The van der Waals surface area contributed by atoms with Gasteiger partial charge in [0.25, 0.3) is 0 Å². The quantitative estimate of drug-likeness (QED) is 0.858. The molecule has 2 unspecified atom stereocenters. The molecule has 1 aromatic rings. The second kappa shape index (κ2) is 5.75. The van der Waals surface area contributed by atoms with Gasteiger partial charge in [-0.05, 0) is 37.9 Å². The summed E-state index contributed by atoms with van der Waals surface area (Å²) in [4.78, 5) is 2.56. The monoisotopic (exact) mass is 246 g/mol. The Morgan fingerprint density at radius 1 is 1.28 bits per heavy atom. The highest BCUT2D eigenvalue weighted by Crippen LogP contribution is 2.38. The minimum absolute atomic E-state index is 0.585. The van der Waals surface area contributed by atoms with Crippen LogP contribution in [-0.4, -0.2) is 26.2 Å². The molecule has 1 aliphatic rings. The largest absolute Gasteiger partial charge is 0.370 e. The van der Waals surface area contributed by atoms with Crippen molar-refractivity contribution in [3.63, 3.8) is 0 Å². The lowest BCUT2D eigenvalue weighted by Gasteiger charge is -2.22. The van der Waals surface area contributed by atoms with Crippen LogP contribution in [0.25, 0.3) is 0 Å². The maximum absolute atomic E-state index is 3.36. The van der Waals surface area contributed by atoms with E-state index in [9.17, 15) is 0 Å². The van der Waals surface area contributed by atoms with Gasteiger partial charge in [-0.25, -0.2) is 0 Å². The summed E-state index contributed by atoms with van der Waals surface area (Å²) in [5.41, 5.74) is 3.00. The molecule has 18 heavy (non-hydrogen) atoms. The summed E-state index contributed by atoms with van der Waals surface area (Å²) in [7, 11) is 2.05. The van der Waals surface area contributed by atoms with Crippen molar-refractivity contribution in [1.29, 1.82) is 0 Å². The van der Waals surface area contributed by atoms with Crippen molar-refractivity contribution in [2.24, 2.45) is 5.92 Å². The molecule has 0 radical (unpaired) electrons. The fourth-order valence-electron chi connectivity index (χ4n) is 2.94. The van der Waals surface area contributed by atoms with Gasteiger partial charge in [0.05, 0.1) is 0 Å². The standard InChI is InChI=1S/C16H26N2/c1-12(2)10-18-11-14(9-13(3)17-4)15-7-5-6-8-16(15)18/h5-8,12-14,17H,9-11H2,1-4H3. The summed E-state index contributed by atoms with van der Waals surface area (Å²) in [6.45, 7) is 9.22. The third-order valence-electron chi connectivity index (χ3n) is 3.87. The number of benzene rings is 1. The van der Waals surface area contributed by atoms with E-state index in [2.05, 4.69) is 62.3 Å². The summed E-state index contributed by atoms with van der Waals surface area (Å²) in [6, 6.07) is 9.51. The Morgan fingerprint density at radius 2 is 2.00 bits per heavy atom. The minimum Gasteiger partial charge on any atom is -0.370 e. The fraction of sp³-hybridized carbons (Fsp3) is 0.625. The third-order valence-corrected chi connectivity index (χ3v) is 3.87. The molecule has 1 N–H and O–H groups in total. The predicted molar refractivity (Wildman–Crippen MR) is 79.4 cm³/mol. The Labute approximate surface area is 111 Å². The van der Waals surface area contributed by atoms with Crippen molar-refractivity contribution < 1.29 is 0 Å². The summed E-state index contributed by atoms with van der Waals surface area (Å²) in [5.74, 6) is 1.40. The average Bonchev–Trinajstić information content (AvgIpc) is 2.67. The van der Waals surface area contributed by atoms with Gasteiger partial charge in [-0.15, -0.1) is 0 Å². The Balaban J connectivity index is 2.16. The highest BCUT2D eigenvalue weighted by molar-refractivity contribution is 5.60. The lowest BCUT2D eigenvalue weighted by Crippen LogP contribution is -2.29. The molecule has 0 aromatic heterocycles. The van der Waals surface area contributed by atoms with Crippen molar-refractivity contribution in [1.82, 2.24) is 5.32 Å². The van der Waals surface area contributed by atoms with Gasteiger partial charge >= 0.3 is 0 Å². The molecule has 1 aliphatic heterocycles. The van der Waals surface area contributed by atoms with Crippen LogP contribution in [0.4, 0.5) is 5.69 Å². The molecule has 0 fully saturated rings. The van der Waals surface area contributed by atoms with Crippen LogP contribution in [-0.2, 0) is 0 Å². The molecule has 100 valence electrons. The van der Waals surface area contributed by atoms with E-state index < -0.39 is 0 Å². The second-order valence-corrected chi connectivity index (χ2v) is 5.98. The van der Waals surface area contributed by atoms with Crippen molar-refractivity contribution in [2.75, 3.05) is 25.0 Å². The number of rotatable bonds is 5. The number of nitrogens with zero attached hydrogens (tertiary/aromatic N) is 1. The molecule has 2 rings (SSSR count). The van der Waals surface area contributed by atoms with Crippen LogP contribution in [0.5, 0.6) is 0 Å². The number of hydrogen-bond acceptors (Lipinski definition) is 2. The first-order chi connectivity index (χ1) is 8.61. The molecule has 1 heterocycles. The van der Waals surface area contributed by atoms with Crippen molar-refractivity contribution in [2.45, 2.75) is 39.2 Å². The summed E-state index contributed by atoms with van der Waals surface area (Å²) in [6.07, 6.45) is 1.22. The number of para-hydroxylation sites is 1. The average molecular weight is 246 g/mol. The molecule has 2 atom stereocenters. The van der Waals surface area contributed by atoms with Crippen LogP contribution < -0.4 is 10.2 Å². The van der Waals surface area contributed by atoms with E-state index in [1.165, 1.54) is 25.2 Å². The zero-order valence-electron chi connectivity index (χ0n) is 12.1. The molecule has 0 amide bonds. The Bertz CT molecular complexity index is 386. The van der Waals surface area contributed by atoms with Gasteiger partial charge in [0.2, 0.25) is 0 Å². The minimum atomic E-state index is 0.585. The number of nitrogens with one attached hydrogen (secondary N) is 1. The third kappa shape index (κ3) is 2.86. The van der Waals surface area contributed by atoms with E-state index in [1.54, 1.807) is 5.56 Å². The van der Waals surface area contributed by atoms with Crippen LogP contribution in [0.3, 0.4) is 0 Å². The van der Waals surface area contributed by atoms with Crippen LogP contribution in [0.15, 0.2) is 24.3 Å². The van der Waals surface area contributed by atoms with E-state index in [1.807, 2.05) is 0 Å². The zero-order valence-corrected chi connectivity index (χ0v) is 12.1. The maximum atomic E-state index is 3.36. The lowest BCUT2D eigenvalue weighted by atomic mass is 9.95. The van der Waals surface area contributed by atoms with Crippen molar-refractivity contribution in [3.8, 4) is 0 Å². The van der Waals surface area contributed by atoms with E-state index in [-0.39, 0.29) is 0 Å². The Kier molecular flexibility index (Phi) is 4.28. The fourth-order valence-corrected chi connectivity index (χ4v) is 2.94. The normalized spacial score (nSPS) is 20.3. The van der Waals surface area contributed by atoms with Gasteiger partial charge in [0.15, 0.2) is 0 Å². The van der Waals surface area contributed by atoms with Crippen LogP contribution in [0.2, 0.25) is 0 Å². The van der Waals surface area contributed by atoms with E-state index >= 15 is 0 Å². The highest BCUT2D eigenvalue weighted by Gasteiger charge is 2.29. The smallest absolute Gasteiger partial charge is 0.0402 e. The van der Waals surface area contributed by atoms with E-state index in [4.69, 9.17) is 0 Å². The summed E-state index contributed by atoms with van der Waals surface area (Å²) < 4.78 is 0. The second-order valence-electron chi connectivity index (χ2n) is 5.98. The number of fused-ring (bicyclic) bond motifs is 1. The van der Waals surface area contributed by atoms with Gasteiger partial charge in [-0.3, -0.25) is 0 Å². The van der Waals surface area contributed by atoms with Crippen molar-refractivity contribution in [3.05, 3.63) is 29.8 Å². The maximum Gasteiger partial charge on any atom is 0.0402 e. The summed E-state index contributed by atoms with van der Waals surface area (Å²) >= 11 is 0. The first-order valence-electron chi connectivity index (χ1n) is 7.13. The predicted octanol–water partition coefficient (Wildman–Crippen LogP) is 3.24. The lowest BCUT2D eigenvalue weighted by molar-refractivity contribution is 0.498. The molecule has 0 saturated carbocycles.